The lowest BCUT2D eigenvalue weighted by atomic mass is 10.0. The van der Waals surface area contributed by atoms with E-state index in [1.165, 1.54) is 44.9 Å². The topological polar surface area (TPSA) is 54.2 Å². The molecule has 0 spiro atoms. The number of aryl methyl sites for hydroxylation is 2. The van der Waals surface area contributed by atoms with Crippen LogP contribution in [-0.4, -0.2) is 35.6 Å². The SMILES string of the molecule is CN=C(NCCCCC1CCCC1)NCCCCn1ccnc1C.I. The van der Waals surface area contributed by atoms with Crippen molar-refractivity contribution in [3.05, 3.63) is 18.2 Å². The molecule has 0 amide bonds. The van der Waals surface area contributed by atoms with Crippen molar-refractivity contribution in [1.82, 2.24) is 20.2 Å². The number of halogens is 1. The molecule has 1 fully saturated rings. The van der Waals surface area contributed by atoms with E-state index in [1.54, 1.807) is 0 Å². The number of unbranched alkanes of at least 4 members (excludes halogenated alkanes) is 2. The number of hydrogen-bond acceptors (Lipinski definition) is 2. The van der Waals surface area contributed by atoms with Crippen LogP contribution < -0.4 is 10.6 Å². The van der Waals surface area contributed by atoms with Crippen molar-refractivity contribution in [3.8, 4) is 0 Å². The molecule has 0 unspecified atom stereocenters. The molecule has 1 aliphatic carbocycles. The third-order valence-corrected chi connectivity index (χ3v) is 5.07. The van der Waals surface area contributed by atoms with Gasteiger partial charge in [0.15, 0.2) is 5.96 Å². The molecule has 0 aliphatic heterocycles. The summed E-state index contributed by atoms with van der Waals surface area (Å²) in [5, 5.41) is 6.84. The normalized spacial score (nSPS) is 15.2. The second-order valence-corrected chi connectivity index (χ2v) is 6.95. The zero-order valence-electron chi connectivity index (χ0n) is 16.0. The first kappa shape index (κ1) is 22.3. The second-order valence-electron chi connectivity index (χ2n) is 6.95. The summed E-state index contributed by atoms with van der Waals surface area (Å²) >= 11 is 0. The average Bonchev–Trinajstić information content (AvgIpc) is 3.24. The first-order valence-electron chi connectivity index (χ1n) is 9.72. The van der Waals surface area contributed by atoms with E-state index >= 15 is 0 Å². The standard InChI is InChI=1S/C19H35N5.HI/c1-17-21-14-16-24(17)15-8-7-13-23-19(20-2)22-12-6-5-11-18-9-3-4-10-18;/h14,16,18H,3-13,15H2,1-2H3,(H2,20,22,23);1H. The molecule has 1 saturated carbocycles. The first-order valence-corrected chi connectivity index (χ1v) is 9.72. The molecule has 0 aromatic carbocycles. The summed E-state index contributed by atoms with van der Waals surface area (Å²) in [5.74, 6) is 3.05. The van der Waals surface area contributed by atoms with E-state index in [1.807, 2.05) is 13.2 Å². The van der Waals surface area contributed by atoms with E-state index in [0.717, 1.165) is 50.2 Å². The molecule has 1 aliphatic rings. The number of hydrogen-bond donors (Lipinski definition) is 2. The van der Waals surface area contributed by atoms with Crippen LogP contribution in [0, 0.1) is 12.8 Å². The van der Waals surface area contributed by atoms with Gasteiger partial charge in [0, 0.05) is 39.1 Å². The Morgan fingerprint density at radius 2 is 1.84 bits per heavy atom. The molecule has 25 heavy (non-hydrogen) atoms. The Balaban J connectivity index is 0.00000312. The number of rotatable bonds is 10. The van der Waals surface area contributed by atoms with Crippen LogP contribution in [0.15, 0.2) is 17.4 Å². The van der Waals surface area contributed by atoms with Gasteiger partial charge in [0.25, 0.3) is 0 Å². The summed E-state index contributed by atoms with van der Waals surface area (Å²) in [6.07, 6.45) is 16.1. The van der Waals surface area contributed by atoms with Crippen LogP contribution in [0.1, 0.15) is 63.6 Å². The van der Waals surface area contributed by atoms with Gasteiger partial charge in [0.05, 0.1) is 0 Å². The highest BCUT2D eigenvalue weighted by atomic mass is 127. The monoisotopic (exact) mass is 461 g/mol. The van der Waals surface area contributed by atoms with Gasteiger partial charge in [-0.05, 0) is 32.1 Å². The van der Waals surface area contributed by atoms with Gasteiger partial charge in [0.1, 0.15) is 5.82 Å². The van der Waals surface area contributed by atoms with Gasteiger partial charge in [-0.2, -0.15) is 0 Å². The van der Waals surface area contributed by atoms with E-state index in [2.05, 4.69) is 38.3 Å². The maximum atomic E-state index is 4.30. The van der Waals surface area contributed by atoms with Gasteiger partial charge >= 0.3 is 0 Å². The van der Waals surface area contributed by atoms with E-state index in [4.69, 9.17) is 0 Å². The lowest BCUT2D eigenvalue weighted by molar-refractivity contribution is 0.472. The molecule has 0 saturated heterocycles. The Hall–Kier alpha value is -0.790. The Labute approximate surface area is 170 Å². The molecule has 1 heterocycles. The molecule has 1 aromatic rings. The first-order chi connectivity index (χ1) is 11.8. The number of guanidine groups is 1. The number of aromatic nitrogens is 2. The fraction of sp³-hybridized carbons (Fsp3) is 0.789. The van der Waals surface area contributed by atoms with Crippen molar-refractivity contribution in [2.75, 3.05) is 20.1 Å². The minimum Gasteiger partial charge on any atom is -0.356 e. The van der Waals surface area contributed by atoms with Crippen molar-refractivity contribution < 1.29 is 0 Å². The Morgan fingerprint density at radius 1 is 1.16 bits per heavy atom. The fourth-order valence-electron chi connectivity index (χ4n) is 3.54. The van der Waals surface area contributed by atoms with E-state index < -0.39 is 0 Å². The summed E-state index contributed by atoms with van der Waals surface area (Å²) < 4.78 is 2.21. The highest BCUT2D eigenvalue weighted by Gasteiger charge is 2.13. The maximum Gasteiger partial charge on any atom is 0.190 e. The zero-order valence-corrected chi connectivity index (χ0v) is 18.3. The van der Waals surface area contributed by atoms with Crippen LogP contribution >= 0.6 is 24.0 Å². The highest BCUT2D eigenvalue weighted by molar-refractivity contribution is 14.0. The molecular formula is C19H36IN5. The molecule has 0 radical (unpaired) electrons. The number of imidazole rings is 1. The van der Waals surface area contributed by atoms with Gasteiger partial charge in [-0.15, -0.1) is 24.0 Å². The number of aliphatic imine (C=N–C) groups is 1. The van der Waals surface area contributed by atoms with Gasteiger partial charge in [-0.3, -0.25) is 4.99 Å². The third kappa shape index (κ3) is 8.92. The molecule has 2 N–H and O–H groups in total. The summed E-state index contributed by atoms with van der Waals surface area (Å²) in [4.78, 5) is 8.55. The quantitative estimate of drug-likeness (QED) is 0.239. The molecule has 144 valence electrons. The van der Waals surface area contributed by atoms with Crippen molar-refractivity contribution in [3.63, 3.8) is 0 Å². The summed E-state index contributed by atoms with van der Waals surface area (Å²) in [5.41, 5.74) is 0. The van der Waals surface area contributed by atoms with Crippen molar-refractivity contribution >= 4 is 29.9 Å². The van der Waals surface area contributed by atoms with Crippen LogP contribution in [-0.2, 0) is 6.54 Å². The minimum atomic E-state index is 0. The average molecular weight is 461 g/mol. The minimum absolute atomic E-state index is 0. The van der Waals surface area contributed by atoms with Gasteiger partial charge < -0.3 is 15.2 Å². The second kappa shape index (κ2) is 13.4. The largest absolute Gasteiger partial charge is 0.356 e. The zero-order chi connectivity index (χ0) is 17.0. The molecule has 6 heteroatoms. The van der Waals surface area contributed by atoms with Crippen LogP contribution in [0.5, 0.6) is 0 Å². The van der Waals surface area contributed by atoms with Gasteiger partial charge in [-0.25, -0.2) is 4.98 Å². The number of nitrogens with zero attached hydrogens (tertiary/aromatic N) is 3. The van der Waals surface area contributed by atoms with Crippen LogP contribution in [0.25, 0.3) is 0 Å². The van der Waals surface area contributed by atoms with E-state index in [9.17, 15) is 0 Å². The Kier molecular flexibility index (Phi) is 11.9. The lowest BCUT2D eigenvalue weighted by Gasteiger charge is -2.13. The predicted molar refractivity (Wildman–Crippen MR) is 117 cm³/mol. The predicted octanol–water partition coefficient (Wildman–Crippen LogP) is 4.12. The maximum absolute atomic E-state index is 4.30. The van der Waals surface area contributed by atoms with E-state index in [0.29, 0.717) is 0 Å². The molecular weight excluding hydrogens is 425 g/mol. The van der Waals surface area contributed by atoms with Crippen molar-refractivity contribution in [2.45, 2.75) is 71.3 Å². The van der Waals surface area contributed by atoms with Crippen molar-refractivity contribution in [1.29, 1.82) is 0 Å². The van der Waals surface area contributed by atoms with Crippen LogP contribution in [0.2, 0.25) is 0 Å². The molecule has 1 aromatic heterocycles. The lowest BCUT2D eigenvalue weighted by Crippen LogP contribution is -2.38. The van der Waals surface area contributed by atoms with Gasteiger partial charge in [-0.1, -0.05) is 38.5 Å². The smallest absolute Gasteiger partial charge is 0.190 e. The van der Waals surface area contributed by atoms with Crippen LogP contribution in [0.4, 0.5) is 0 Å². The summed E-state index contributed by atoms with van der Waals surface area (Å²) in [6, 6.07) is 0. The Morgan fingerprint density at radius 3 is 2.44 bits per heavy atom. The van der Waals surface area contributed by atoms with Gasteiger partial charge in [0.2, 0.25) is 0 Å². The van der Waals surface area contributed by atoms with E-state index in [-0.39, 0.29) is 24.0 Å². The van der Waals surface area contributed by atoms with Crippen LogP contribution in [0.3, 0.4) is 0 Å². The molecule has 0 bridgehead atoms. The third-order valence-electron chi connectivity index (χ3n) is 5.07. The summed E-state index contributed by atoms with van der Waals surface area (Å²) in [6.45, 7) is 5.09. The Bertz CT molecular complexity index is 480. The fourth-order valence-corrected chi connectivity index (χ4v) is 3.54. The van der Waals surface area contributed by atoms with Crippen molar-refractivity contribution in [2.24, 2.45) is 10.9 Å². The molecule has 5 nitrogen and oxygen atoms in total. The number of nitrogens with one attached hydrogen (secondary N) is 2. The summed E-state index contributed by atoms with van der Waals surface area (Å²) in [7, 11) is 1.85. The highest BCUT2D eigenvalue weighted by Crippen LogP contribution is 2.28. The molecule has 2 rings (SSSR count). The molecule has 0 atom stereocenters.